The number of carboxylic acid groups (broad SMARTS) is 2. The molecule has 1 aromatic rings. The van der Waals surface area contributed by atoms with E-state index in [1.165, 1.54) is 11.8 Å². The highest BCUT2D eigenvalue weighted by Crippen LogP contribution is 2.40. The molecule has 10 nitrogen and oxygen atoms in total. The minimum Gasteiger partial charge on any atom is -0.508 e. The van der Waals surface area contributed by atoms with E-state index < -0.39 is 82.9 Å². The van der Waals surface area contributed by atoms with E-state index in [1.54, 1.807) is 6.92 Å². The number of aromatic hydroxyl groups is 1. The number of thioether (sulfide) groups is 1. The number of halogens is 3. The van der Waals surface area contributed by atoms with Crippen LogP contribution in [0.5, 0.6) is 5.75 Å². The number of rotatable bonds is 4. The van der Waals surface area contributed by atoms with Crippen LogP contribution in [0.25, 0.3) is 0 Å². The van der Waals surface area contributed by atoms with Gasteiger partial charge in [0, 0.05) is 5.75 Å². The molecule has 2 heterocycles. The summed E-state index contributed by atoms with van der Waals surface area (Å²) in [7, 11) is 0. The standard InChI is InChI=1S/C16H17N3O5S.C2HF3O2/c1-7-6-25-15-11(14(22)19(15)12(7)16(23)24)18-13(21)10(17)8-2-4-9(20)5-3-8;3-2(4,5)1(6)7/h2-5,10-11,15,20H,6,17H2,1H3,(H,18,21)(H,23,24);(H,6,7)/t10-,11+,15+;/m0./s1/i2D,3D,4D,5D;. The van der Waals surface area contributed by atoms with Crippen molar-refractivity contribution in [1.82, 2.24) is 10.2 Å². The molecule has 174 valence electrons. The van der Waals surface area contributed by atoms with Gasteiger partial charge in [-0.3, -0.25) is 14.5 Å². The zero-order valence-corrected chi connectivity index (χ0v) is 16.8. The number of phenols is 1. The lowest BCUT2D eigenvalue weighted by Crippen LogP contribution is -2.71. The average Bonchev–Trinajstić information content (AvgIpc) is 2.79. The van der Waals surface area contributed by atoms with Gasteiger partial charge in [-0.1, -0.05) is 12.1 Å². The summed E-state index contributed by atoms with van der Waals surface area (Å²) in [6, 6.07) is -5.45. The Balaban J connectivity index is 0.000000572. The maximum Gasteiger partial charge on any atom is 0.490 e. The Morgan fingerprint density at radius 1 is 1.28 bits per heavy atom. The molecule has 2 aliphatic rings. The van der Waals surface area contributed by atoms with Crippen LogP contribution in [0.2, 0.25) is 0 Å². The molecule has 3 rings (SSSR count). The number of nitrogens with zero attached hydrogens (tertiary/aromatic N) is 1. The minimum absolute atomic E-state index is 0.119. The highest BCUT2D eigenvalue weighted by Gasteiger charge is 2.53. The molecule has 6 N–H and O–H groups in total. The Morgan fingerprint density at radius 2 is 1.81 bits per heavy atom. The van der Waals surface area contributed by atoms with Crippen LogP contribution in [0, 0.1) is 0 Å². The molecule has 0 saturated carbocycles. The maximum absolute atomic E-state index is 12.6. The molecule has 0 spiro atoms. The number of β-lactam (4-membered cyclic amide) rings is 1. The molecule has 1 saturated heterocycles. The topological polar surface area (TPSA) is 170 Å². The molecule has 0 aromatic heterocycles. The number of benzene rings is 1. The molecule has 14 heteroatoms. The monoisotopic (exact) mass is 481 g/mol. The van der Waals surface area contributed by atoms with E-state index in [9.17, 15) is 37.8 Å². The number of phenolic OH excluding ortho intramolecular Hbond substituents is 1. The Kier molecular flexibility index (Phi) is 5.76. The van der Waals surface area contributed by atoms with Crippen molar-refractivity contribution in [1.29, 1.82) is 0 Å². The number of fused-ring (bicyclic) bond motifs is 1. The second-order valence-corrected chi connectivity index (χ2v) is 7.48. The third-order valence-electron chi connectivity index (χ3n) is 4.13. The van der Waals surface area contributed by atoms with Gasteiger partial charge < -0.3 is 26.4 Å². The molecular formula is C18H18F3N3O7S. The van der Waals surface area contributed by atoms with E-state index in [1.807, 2.05) is 0 Å². The second-order valence-electron chi connectivity index (χ2n) is 6.37. The molecule has 1 aromatic carbocycles. The van der Waals surface area contributed by atoms with Crippen LogP contribution < -0.4 is 11.1 Å². The summed E-state index contributed by atoms with van der Waals surface area (Å²) in [5.41, 5.74) is 5.82. The number of nitrogens with two attached hydrogens (primary N) is 1. The molecule has 0 unspecified atom stereocenters. The molecular weight excluding hydrogens is 459 g/mol. The van der Waals surface area contributed by atoms with Gasteiger partial charge in [0.05, 0.1) is 5.48 Å². The molecule has 0 radical (unpaired) electrons. The number of aliphatic carboxylic acids is 2. The Labute approximate surface area is 188 Å². The Bertz CT molecular complexity index is 1150. The van der Waals surface area contributed by atoms with Crippen molar-refractivity contribution in [3.05, 3.63) is 41.0 Å². The predicted molar refractivity (Wildman–Crippen MR) is 104 cm³/mol. The molecule has 2 amide bonds. The fourth-order valence-electron chi connectivity index (χ4n) is 2.62. The number of carbonyl (C=O) groups excluding carboxylic acids is 2. The highest BCUT2D eigenvalue weighted by atomic mass is 32.2. The highest BCUT2D eigenvalue weighted by molar-refractivity contribution is 8.00. The van der Waals surface area contributed by atoms with Crippen LogP contribution in [-0.4, -0.2) is 67.3 Å². The van der Waals surface area contributed by atoms with Gasteiger partial charge in [-0.05, 0) is 30.1 Å². The smallest absolute Gasteiger partial charge is 0.490 e. The van der Waals surface area contributed by atoms with Crippen molar-refractivity contribution >= 4 is 35.5 Å². The lowest BCUT2D eigenvalue weighted by molar-refractivity contribution is -0.192. The number of carbonyl (C=O) groups is 4. The van der Waals surface area contributed by atoms with Crippen LogP contribution in [0.4, 0.5) is 13.2 Å². The Morgan fingerprint density at radius 3 is 2.28 bits per heavy atom. The molecule has 2 aliphatic heterocycles. The fourth-order valence-corrected chi connectivity index (χ4v) is 3.91. The molecule has 0 aliphatic carbocycles. The fraction of sp³-hybridized carbons (Fsp3) is 0.333. The van der Waals surface area contributed by atoms with E-state index in [2.05, 4.69) is 5.32 Å². The van der Waals surface area contributed by atoms with Crippen molar-refractivity contribution in [3.63, 3.8) is 0 Å². The number of amides is 2. The largest absolute Gasteiger partial charge is 0.508 e. The first-order valence-electron chi connectivity index (χ1n) is 10.5. The van der Waals surface area contributed by atoms with Crippen LogP contribution in [0.1, 0.15) is 24.0 Å². The van der Waals surface area contributed by atoms with Crippen LogP contribution in [-0.2, 0) is 19.2 Å². The van der Waals surface area contributed by atoms with E-state index >= 15 is 0 Å². The zero-order chi connectivity index (χ0) is 27.9. The summed E-state index contributed by atoms with van der Waals surface area (Å²) in [4.78, 5) is 46.4. The summed E-state index contributed by atoms with van der Waals surface area (Å²) in [5, 5.41) is 27.8. The predicted octanol–water partition coefficient (Wildman–Crippen LogP) is 0.784. The van der Waals surface area contributed by atoms with Crippen molar-refractivity contribution in [2.45, 2.75) is 30.6 Å². The van der Waals surface area contributed by atoms with Gasteiger partial charge in [-0.25, -0.2) is 9.59 Å². The molecule has 3 atom stereocenters. The van der Waals surface area contributed by atoms with E-state index in [4.69, 9.17) is 21.1 Å². The number of alkyl halides is 3. The van der Waals surface area contributed by atoms with Crippen molar-refractivity contribution in [3.8, 4) is 5.75 Å². The van der Waals surface area contributed by atoms with Crippen LogP contribution >= 0.6 is 11.8 Å². The normalized spacial score (nSPS) is 22.7. The molecule has 0 bridgehead atoms. The quantitative estimate of drug-likeness (QED) is 0.390. The zero-order valence-electron chi connectivity index (χ0n) is 20.0. The number of hydrogen-bond acceptors (Lipinski definition) is 7. The van der Waals surface area contributed by atoms with Gasteiger partial charge in [0.25, 0.3) is 5.91 Å². The summed E-state index contributed by atoms with van der Waals surface area (Å²) < 4.78 is 62.7. The van der Waals surface area contributed by atoms with Gasteiger partial charge in [-0.15, -0.1) is 11.8 Å². The number of nitrogens with one attached hydrogen (secondary N) is 1. The first-order valence-corrected chi connectivity index (χ1v) is 9.51. The third-order valence-corrected chi connectivity index (χ3v) is 5.55. The number of hydrogen-bond donors (Lipinski definition) is 5. The van der Waals surface area contributed by atoms with Gasteiger partial charge >= 0.3 is 18.1 Å². The van der Waals surface area contributed by atoms with Crippen molar-refractivity contribution in [2.24, 2.45) is 5.73 Å². The average molecular weight is 481 g/mol. The lowest BCUT2D eigenvalue weighted by Gasteiger charge is -2.49. The SMILES string of the molecule is O=C(O)C(F)(F)F.[2H]c1c([2H])c([C@H](N)C(=O)N[C@@H]2C(=O)N3C(C(=O)O)=C(C)CS[C@H]23)c([2H])c([2H])c1O. The van der Waals surface area contributed by atoms with Gasteiger partial charge in [-0.2, -0.15) is 13.2 Å². The van der Waals surface area contributed by atoms with E-state index in [0.717, 1.165) is 4.90 Å². The third kappa shape index (κ3) is 5.31. The minimum atomic E-state index is -5.08. The molecule has 1 fully saturated rings. The van der Waals surface area contributed by atoms with E-state index in [0.29, 0.717) is 11.3 Å². The van der Waals surface area contributed by atoms with Crippen LogP contribution in [0.15, 0.2) is 35.4 Å². The second kappa shape index (κ2) is 9.48. The summed E-state index contributed by atoms with van der Waals surface area (Å²) in [5.74, 6) is -6.03. The van der Waals surface area contributed by atoms with Crippen LogP contribution in [0.3, 0.4) is 0 Å². The number of carboxylic acids is 2. The van der Waals surface area contributed by atoms with Gasteiger partial charge in [0.2, 0.25) is 5.91 Å². The first kappa shape index (κ1) is 19.4. The molecule has 32 heavy (non-hydrogen) atoms. The lowest BCUT2D eigenvalue weighted by atomic mass is 10.0. The van der Waals surface area contributed by atoms with Crippen molar-refractivity contribution < 1.29 is 53.2 Å². The van der Waals surface area contributed by atoms with Gasteiger partial charge in [0.15, 0.2) is 0 Å². The summed E-state index contributed by atoms with van der Waals surface area (Å²) >= 11 is 1.28. The summed E-state index contributed by atoms with van der Waals surface area (Å²) in [6.07, 6.45) is -5.08. The Hall–Kier alpha value is -3.26. The van der Waals surface area contributed by atoms with Crippen molar-refractivity contribution in [2.75, 3.05) is 5.75 Å². The first-order chi connectivity index (χ1) is 16.4. The maximum atomic E-state index is 12.6. The summed E-state index contributed by atoms with van der Waals surface area (Å²) in [6.45, 7) is 1.61. The van der Waals surface area contributed by atoms with Gasteiger partial charge in [0.1, 0.15) is 28.9 Å². The van der Waals surface area contributed by atoms with E-state index in [-0.39, 0.29) is 5.70 Å².